The molecule has 144 valence electrons. The minimum Gasteiger partial charge on any atom is -0.507 e. The molecule has 0 bridgehead atoms. The minimum absolute atomic E-state index is 0.149. The Morgan fingerprint density at radius 3 is 2.78 bits per heavy atom. The van der Waals surface area contributed by atoms with Crippen LogP contribution in [0, 0.1) is 20.8 Å². The number of imidazole rings is 1. The Hall–Kier alpha value is -2.50. The van der Waals surface area contributed by atoms with Crippen molar-refractivity contribution in [3.8, 4) is 11.5 Å². The molecule has 1 aromatic carbocycles. The molecule has 27 heavy (non-hydrogen) atoms. The second-order valence-corrected chi connectivity index (χ2v) is 7.99. The number of aromatic nitrogens is 2. The molecule has 2 N–H and O–H groups in total. The molecule has 2 aliphatic rings. The average Bonchev–Trinajstić information content (AvgIpc) is 3.07. The lowest BCUT2D eigenvalue weighted by Crippen LogP contribution is -2.48. The molecule has 6 nitrogen and oxygen atoms in total. The molecule has 4 rings (SSSR count). The van der Waals surface area contributed by atoms with Crippen LogP contribution in [0.1, 0.15) is 54.3 Å². The molecule has 6 heteroatoms. The van der Waals surface area contributed by atoms with Crippen LogP contribution in [0.5, 0.6) is 11.5 Å². The van der Waals surface area contributed by atoms with E-state index in [-0.39, 0.29) is 5.91 Å². The van der Waals surface area contributed by atoms with E-state index >= 15 is 0 Å². The molecular formula is C21H27N3O3. The summed E-state index contributed by atoms with van der Waals surface area (Å²) in [5.41, 5.74) is 2.60. The number of amides is 1. The first-order valence-corrected chi connectivity index (χ1v) is 9.68. The lowest BCUT2D eigenvalue weighted by molar-refractivity contribution is -0.131. The highest BCUT2D eigenvalue weighted by Crippen LogP contribution is 2.43. The standard InChI is InChI=1S/C21H27N3O3/c1-12-13(2)19-15(14(3)18(12)25)8-9-21(4,27-19)20(26)23-17-11-22-16-7-5-6-10-24(16)17/h11,25H,5-10H2,1-4H3,(H,23,26)/t21-/m1/s1. The van der Waals surface area contributed by atoms with Gasteiger partial charge in [0.15, 0.2) is 5.60 Å². The number of anilines is 1. The van der Waals surface area contributed by atoms with Crippen LogP contribution in [-0.2, 0) is 24.2 Å². The largest absolute Gasteiger partial charge is 0.507 e. The lowest BCUT2D eigenvalue weighted by Gasteiger charge is -2.36. The molecule has 2 aromatic rings. The smallest absolute Gasteiger partial charge is 0.269 e. The number of phenols is 1. The molecule has 0 unspecified atom stereocenters. The van der Waals surface area contributed by atoms with Crippen molar-refractivity contribution in [2.45, 2.75) is 71.9 Å². The maximum atomic E-state index is 13.1. The summed E-state index contributed by atoms with van der Waals surface area (Å²) in [6.07, 6.45) is 6.22. The van der Waals surface area contributed by atoms with E-state index in [9.17, 15) is 9.90 Å². The summed E-state index contributed by atoms with van der Waals surface area (Å²) in [5, 5.41) is 13.4. The molecule has 0 saturated carbocycles. The van der Waals surface area contributed by atoms with Gasteiger partial charge in [-0.1, -0.05) is 0 Å². The van der Waals surface area contributed by atoms with Gasteiger partial charge in [-0.3, -0.25) is 4.79 Å². The van der Waals surface area contributed by atoms with Crippen LogP contribution < -0.4 is 10.1 Å². The lowest BCUT2D eigenvalue weighted by atomic mass is 9.86. The van der Waals surface area contributed by atoms with Gasteiger partial charge >= 0.3 is 0 Å². The van der Waals surface area contributed by atoms with Crippen LogP contribution in [0.15, 0.2) is 6.20 Å². The van der Waals surface area contributed by atoms with Crippen LogP contribution in [-0.4, -0.2) is 26.2 Å². The first kappa shape index (κ1) is 17.9. The third-order valence-electron chi connectivity index (χ3n) is 6.21. The predicted octanol–water partition coefficient (Wildman–Crippen LogP) is 3.57. The maximum absolute atomic E-state index is 13.1. The molecule has 3 heterocycles. The van der Waals surface area contributed by atoms with Gasteiger partial charge in [0.25, 0.3) is 5.91 Å². The topological polar surface area (TPSA) is 76.4 Å². The molecule has 0 spiro atoms. The van der Waals surface area contributed by atoms with Gasteiger partial charge in [0.05, 0.1) is 6.20 Å². The first-order chi connectivity index (χ1) is 12.8. The monoisotopic (exact) mass is 369 g/mol. The first-order valence-electron chi connectivity index (χ1n) is 9.68. The molecule has 0 radical (unpaired) electrons. The number of hydrogen-bond acceptors (Lipinski definition) is 4. The molecule has 2 aliphatic heterocycles. The molecule has 1 atom stereocenters. The normalized spacial score (nSPS) is 21.2. The Labute approximate surface area is 159 Å². The fourth-order valence-corrected chi connectivity index (χ4v) is 4.17. The number of carbonyl (C=O) groups is 1. The van der Waals surface area contributed by atoms with Crippen LogP contribution in [0.4, 0.5) is 5.82 Å². The van der Waals surface area contributed by atoms with E-state index in [0.29, 0.717) is 18.6 Å². The van der Waals surface area contributed by atoms with Crippen molar-refractivity contribution in [1.29, 1.82) is 0 Å². The van der Waals surface area contributed by atoms with E-state index < -0.39 is 5.60 Å². The van der Waals surface area contributed by atoms with Crippen LogP contribution in [0.2, 0.25) is 0 Å². The molecule has 0 fully saturated rings. The van der Waals surface area contributed by atoms with Crippen molar-refractivity contribution in [3.63, 3.8) is 0 Å². The number of rotatable bonds is 2. The number of ether oxygens (including phenoxy) is 1. The fraction of sp³-hybridized carbons (Fsp3) is 0.524. The number of nitrogens with one attached hydrogen (secondary N) is 1. The molecule has 1 amide bonds. The van der Waals surface area contributed by atoms with Crippen molar-refractivity contribution in [1.82, 2.24) is 9.55 Å². The summed E-state index contributed by atoms with van der Waals surface area (Å²) >= 11 is 0. The van der Waals surface area contributed by atoms with Gasteiger partial charge in [-0.05, 0) is 63.6 Å². The molecule has 0 saturated heterocycles. The Kier molecular flexibility index (Phi) is 4.17. The summed E-state index contributed by atoms with van der Waals surface area (Å²) in [4.78, 5) is 17.5. The molecule has 0 aliphatic carbocycles. The number of carbonyl (C=O) groups excluding carboxylic acids is 1. The Balaban J connectivity index is 1.62. The summed E-state index contributed by atoms with van der Waals surface area (Å²) in [6.45, 7) is 8.46. The van der Waals surface area contributed by atoms with Gasteiger partial charge in [-0.15, -0.1) is 0 Å². The number of nitrogens with zero attached hydrogens (tertiary/aromatic N) is 2. The van der Waals surface area contributed by atoms with Gasteiger partial charge in [0.2, 0.25) is 0 Å². The number of phenolic OH excluding ortho intramolecular Hbond substituents is 1. The van der Waals surface area contributed by atoms with Crippen molar-refractivity contribution in [2.75, 3.05) is 5.32 Å². The van der Waals surface area contributed by atoms with Crippen LogP contribution in [0.3, 0.4) is 0 Å². The molecule has 1 aromatic heterocycles. The second kappa shape index (κ2) is 6.29. The number of aromatic hydroxyl groups is 1. The van der Waals surface area contributed by atoms with Gasteiger partial charge in [-0.2, -0.15) is 0 Å². The average molecular weight is 369 g/mol. The zero-order valence-electron chi connectivity index (χ0n) is 16.5. The van der Waals surface area contributed by atoms with Crippen molar-refractivity contribution >= 4 is 11.7 Å². The van der Waals surface area contributed by atoms with E-state index in [1.54, 1.807) is 6.20 Å². The molecular weight excluding hydrogens is 342 g/mol. The van der Waals surface area contributed by atoms with E-state index in [1.165, 1.54) is 0 Å². The van der Waals surface area contributed by atoms with E-state index in [4.69, 9.17) is 4.74 Å². The number of fused-ring (bicyclic) bond motifs is 2. The number of aryl methyl sites for hydroxylation is 1. The maximum Gasteiger partial charge on any atom is 0.269 e. The van der Waals surface area contributed by atoms with E-state index in [1.807, 2.05) is 27.7 Å². The van der Waals surface area contributed by atoms with Gasteiger partial charge in [0.1, 0.15) is 23.1 Å². The fourth-order valence-electron chi connectivity index (χ4n) is 4.17. The summed E-state index contributed by atoms with van der Waals surface area (Å²) in [5.74, 6) is 2.70. The summed E-state index contributed by atoms with van der Waals surface area (Å²) < 4.78 is 8.37. The second-order valence-electron chi connectivity index (χ2n) is 7.99. The van der Waals surface area contributed by atoms with Gasteiger partial charge < -0.3 is 19.7 Å². The Morgan fingerprint density at radius 2 is 2.00 bits per heavy atom. The SMILES string of the molecule is Cc1c(C)c2c(c(C)c1O)CC[C@](C)(C(=O)Nc1cnc3n1CCCC3)O2. The van der Waals surface area contributed by atoms with Gasteiger partial charge in [0, 0.05) is 24.9 Å². The number of hydrogen-bond donors (Lipinski definition) is 2. The summed E-state index contributed by atoms with van der Waals surface area (Å²) in [6, 6.07) is 0. The zero-order valence-corrected chi connectivity index (χ0v) is 16.5. The number of benzene rings is 1. The zero-order chi connectivity index (χ0) is 19.3. The van der Waals surface area contributed by atoms with Crippen LogP contribution >= 0.6 is 0 Å². The summed E-state index contributed by atoms with van der Waals surface area (Å²) in [7, 11) is 0. The highest BCUT2D eigenvalue weighted by molar-refractivity contribution is 5.97. The third kappa shape index (κ3) is 2.78. The minimum atomic E-state index is -0.951. The third-order valence-corrected chi connectivity index (χ3v) is 6.21. The van der Waals surface area contributed by atoms with Crippen molar-refractivity contribution in [2.24, 2.45) is 0 Å². The van der Waals surface area contributed by atoms with Crippen LogP contribution in [0.25, 0.3) is 0 Å². The van der Waals surface area contributed by atoms with Crippen molar-refractivity contribution in [3.05, 3.63) is 34.3 Å². The van der Waals surface area contributed by atoms with E-state index in [0.717, 1.165) is 65.5 Å². The quantitative estimate of drug-likeness (QED) is 0.848. The Morgan fingerprint density at radius 1 is 1.22 bits per heavy atom. The highest BCUT2D eigenvalue weighted by atomic mass is 16.5. The van der Waals surface area contributed by atoms with E-state index in [2.05, 4.69) is 14.9 Å². The van der Waals surface area contributed by atoms with Gasteiger partial charge in [-0.25, -0.2) is 4.98 Å². The predicted molar refractivity (Wildman–Crippen MR) is 103 cm³/mol. The Bertz CT molecular complexity index is 931. The van der Waals surface area contributed by atoms with Crippen molar-refractivity contribution < 1.29 is 14.6 Å². The highest BCUT2D eigenvalue weighted by Gasteiger charge is 2.41.